The maximum atomic E-state index is 12.3. The Balaban J connectivity index is 2.19. The molecule has 1 amide bonds. The molecule has 0 radical (unpaired) electrons. The summed E-state index contributed by atoms with van der Waals surface area (Å²) < 4.78 is 5.02. The highest BCUT2D eigenvalue weighted by molar-refractivity contribution is 5.98. The molecule has 112 valence electrons. The molecule has 0 spiro atoms. The summed E-state index contributed by atoms with van der Waals surface area (Å²) in [5, 5.41) is 12.6. The molecular weight excluding hydrogens is 272 g/mol. The van der Waals surface area contributed by atoms with Gasteiger partial charge in [0, 0.05) is 29.8 Å². The first-order valence-corrected chi connectivity index (χ1v) is 6.54. The highest BCUT2D eigenvalue weighted by Crippen LogP contribution is 2.16. The van der Waals surface area contributed by atoms with E-state index in [9.17, 15) is 9.59 Å². The molecule has 6 heteroatoms. The number of rotatable bonds is 6. The maximum Gasteiger partial charge on any atom is 0.305 e. The Morgan fingerprint density at radius 1 is 1.38 bits per heavy atom. The summed E-state index contributed by atoms with van der Waals surface area (Å²) in [5.41, 5.74) is 0.469. The summed E-state index contributed by atoms with van der Waals surface area (Å²) in [6.07, 6.45) is 1.59. The normalized spacial score (nSPS) is 13.8. The Bertz CT molecular complexity index is 664. The number of hydrogen-bond acceptors (Lipinski definition) is 3. The molecule has 1 aromatic heterocycles. The number of aromatic nitrogens is 1. The lowest BCUT2D eigenvalue weighted by Crippen LogP contribution is -2.50. The van der Waals surface area contributed by atoms with Gasteiger partial charge in [0.05, 0.1) is 18.6 Å². The number of methoxy groups -OCH3 is 1. The third kappa shape index (κ3) is 3.61. The molecule has 0 aliphatic carbocycles. The topological polar surface area (TPSA) is 91.4 Å². The predicted molar refractivity (Wildman–Crippen MR) is 78.3 cm³/mol. The fourth-order valence-corrected chi connectivity index (χ4v) is 2.32. The van der Waals surface area contributed by atoms with Crippen LogP contribution < -0.4 is 5.32 Å². The second-order valence-corrected chi connectivity index (χ2v) is 5.30. The minimum absolute atomic E-state index is 0.122. The third-order valence-electron chi connectivity index (χ3n) is 3.24. The van der Waals surface area contributed by atoms with Crippen LogP contribution in [-0.2, 0) is 9.53 Å². The van der Waals surface area contributed by atoms with Crippen LogP contribution in [0.3, 0.4) is 0 Å². The van der Waals surface area contributed by atoms with Gasteiger partial charge in [-0.1, -0.05) is 0 Å². The van der Waals surface area contributed by atoms with Crippen LogP contribution in [0.25, 0.3) is 10.9 Å². The lowest BCUT2D eigenvalue weighted by atomic mass is 9.98. The van der Waals surface area contributed by atoms with Gasteiger partial charge in [0.1, 0.15) is 0 Å². The van der Waals surface area contributed by atoms with E-state index in [1.54, 1.807) is 25.3 Å². The minimum atomic E-state index is -0.990. The Morgan fingerprint density at radius 3 is 2.81 bits per heavy atom. The van der Waals surface area contributed by atoms with Crippen LogP contribution in [0.1, 0.15) is 23.7 Å². The molecule has 1 aromatic carbocycles. The molecule has 0 saturated carbocycles. The van der Waals surface area contributed by atoms with Gasteiger partial charge in [0.25, 0.3) is 5.91 Å². The van der Waals surface area contributed by atoms with E-state index < -0.39 is 11.5 Å². The largest absolute Gasteiger partial charge is 0.481 e. The van der Waals surface area contributed by atoms with Crippen molar-refractivity contribution in [3.63, 3.8) is 0 Å². The van der Waals surface area contributed by atoms with Crippen LogP contribution in [0.2, 0.25) is 0 Å². The van der Waals surface area contributed by atoms with Crippen molar-refractivity contribution in [2.75, 3.05) is 13.7 Å². The number of nitrogens with one attached hydrogen (secondary N) is 2. The number of fused-ring (bicyclic) bond motifs is 1. The number of carboxylic acid groups (broad SMARTS) is 1. The van der Waals surface area contributed by atoms with Gasteiger partial charge in [-0.05, 0) is 31.2 Å². The lowest BCUT2D eigenvalue weighted by Gasteiger charge is -2.28. The quantitative estimate of drug-likeness (QED) is 0.756. The summed E-state index contributed by atoms with van der Waals surface area (Å²) >= 11 is 0. The highest BCUT2D eigenvalue weighted by Gasteiger charge is 2.30. The molecule has 0 bridgehead atoms. The Kier molecular flexibility index (Phi) is 4.28. The van der Waals surface area contributed by atoms with Crippen molar-refractivity contribution in [1.82, 2.24) is 10.3 Å². The van der Waals surface area contributed by atoms with Gasteiger partial charge in [0.2, 0.25) is 0 Å². The minimum Gasteiger partial charge on any atom is -0.481 e. The standard InChI is InChI=1S/C15H18N2O4/c1-15(9-21-2,8-13(18)19)17-14(20)11-3-4-12-10(7-11)5-6-16-12/h3-7,16H,8-9H2,1-2H3,(H,17,20)(H,18,19). The van der Waals surface area contributed by atoms with Crippen LogP contribution in [0.4, 0.5) is 0 Å². The highest BCUT2D eigenvalue weighted by atomic mass is 16.5. The van der Waals surface area contributed by atoms with Gasteiger partial charge in [-0.2, -0.15) is 0 Å². The summed E-state index contributed by atoms with van der Waals surface area (Å²) in [6, 6.07) is 7.14. The van der Waals surface area contributed by atoms with Crippen LogP contribution in [0.5, 0.6) is 0 Å². The molecule has 1 heterocycles. The van der Waals surface area contributed by atoms with E-state index >= 15 is 0 Å². The molecule has 1 unspecified atom stereocenters. The van der Waals surface area contributed by atoms with Crippen molar-refractivity contribution in [1.29, 1.82) is 0 Å². The predicted octanol–water partition coefficient (Wildman–Crippen LogP) is 1.78. The van der Waals surface area contributed by atoms with Crippen LogP contribution in [0.15, 0.2) is 30.5 Å². The van der Waals surface area contributed by atoms with E-state index in [2.05, 4.69) is 10.3 Å². The molecule has 1 atom stereocenters. The Labute approximate surface area is 122 Å². The molecule has 0 fully saturated rings. The number of ether oxygens (including phenoxy) is 1. The molecule has 0 aliphatic heterocycles. The summed E-state index contributed by atoms with van der Waals surface area (Å²) in [6.45, 7) is 1.77. The summed E-state index contributed by atoms with van der Waals surface area (Å²) in [5.74, 6) is -1.31. The number of benzene rings is 1. The third-order valence-corrected chi connectivity index (χ3v) is 3.24. The van der Waals surface area contributed by atoms with E-state index in [0.29, 0.717) is 5.56 Å². The molecule has 0 aliphatic rings. The van der Waals surface area contributed by atoms with E-state index in [-0.39, 0.29) is 18.9 Å². The first-order valence-electron chi connectivity index (χ1n) is 6.54. The number of H-pyrrole nitrogens is 1. The molecule has 2 rings (SSSR count). The van der Waals surface area contributed by atoms with Crippen LogP contribution in [0, 0.1) is 0 Å². The average molecular weight is 290 g/mol. The van der Waals surface area contributed by atoms with E-state index in [4.69, 9.17) is 9.84 Å². The number of hydrogen-bond donors (Lipinski definition) is 3. The SMILES string of the molecule is COCC(C)(CC(=O)O)NC(=O)c1ccc2[nH]ccc2c1. The average Bonchev–Trinajstić information content (AvgIpc) is 2.84. The van der Waals surface area contributed by atoms with Gasteiger partial charge in [-0.3, -0.25) is 9.59 Å². The Hall–Kier alpha value is -2.34. The van der Waals surface area contributed by atoms with Crippen molar-refractivity contribution >= 4 is 22.8 Å². The summed E-state index contributed by atoms with van der Waals surface area (Å²) in [7, 11) is 1.47. The van der Waals surface area contributed by atoms with Crippen molar-refractivity contribution in [3.8, 4) is 0 Å². The number of aliphatic carboxylic acids is 1. The van der Waals surface area contributed by atoms with Gasteiger partial charge in [0.15, 0.2) is 0 Å². The van der Waals surface area contributed by atoms with Gasteiger partial charge in [-0.25, -0.2) is 0 Å². The zero-order valence-corrected chi connectivity index (χ0v) is 12.0. The smallest absolute Gasteiger partial charge is 0.305 e. The zero-order chi connectivity index (χ0) is 15.5. The van der Waals surface area contributed by atoms with Crippen molar-refractivity contribution in [3.05, 3.63) is 36.0 Å². The molecule has 0 saturated heterocycles. The number of amides is 1. The first-order chi connectivity index (χ1) is 9.93. The zero-order valence-electron chi connectivity index (χ0n) is 12.0. The molecule has 21 heavy (non-hydrogen) atoms. The van der Waals surface area contributed by atoms with E-state index in [0.717, 1.165) is 10.9 Å². The Morgan fingerprint density at radius 2 is 2.14 bits per heavy atom. The molecule has 2 aromatic rings. The first kappa shape index (κ1) is 15.1. The second-order valence-electron chi connectivity index (χ2n) is 5.30. The van der Waals surface area contributed by atoms with Gasteiger partial charge >= 0.3 is 5.97 Å². The lowest BCUT2D eigenvalue weighted by molar-refractivity contribution is -0.139. The van der Waals surface area contributed by atoms with Crippen molar-refractivity contribution in [2.45, 2.75) is 18.9 Å². The summed E-state index contributed by atoms with van der Waals surface area (Å²) in [4.78, 5) is 26.3. The van der Waals surface area contributed by atoms with Crippen molar-refractivity contribution < 1.29 is 19.4 Å². The molecule has 3 N–H and O–H groups in total. The van der Waals surface area contributed by atoms with Gasteiger partial charge < -0.3 is 20.1 Å². The van der Waals surface area contributed by atoms with E-state index in [1.165, 1.54) is 7.11 Å². The van der Waals surface area contributed by atoms with Crippen molar-refractivity contribution in [2.24, 2.45) is 0 Å². The number of carbonyl (C=O) groups is 2. The number of aromatic amines is 1. The molecular formula is C15H18N2O4. The van der Waals surface area contributed by atoms with E-state index in [1.807, 2.05) is 12.1 Å². The number of carbonyl (C=O) groups excluding carboxylic acids is 1. The second kappa shape index (κ2) is 5.97. The monoisotopic (exact) mass is 290 g/mol. The van der Waals surface area contributed by atoms with Crippen LogP contribution in [-0.4, -0.2) is 41.2 Å². The maximum absolute atomic E-state index is 12.3. The number of carboxylic acids is 1. The van der Waals surface area contributed by atoms with Gasteiger partial charge in [-0.15, -0.1) is 0 Å². The fourth-order valence-electron chi connectivity index (χ4n) is 2.32. The fraction of sp³-hybridized carbons (Fsp3) is 0.333. The molecule has 6 nitrogen and oxygen atoms in total. The van der Waals surface area contributed by atoms with Crippen LogP contribution >= 0.6 is 0 Å².